The zero-order valence-corrected chi connectivity index (χ0v) is 13.3. The van der Waals surface area contributed by atoms with Gasteiger partial charge in [-0.1, -0.05) is 13.8 Å². The Kier molecular flexibility index (Phi) is 4.63. The van der Waals surface area contributed by atoms with Gasteiger partial charge in [0.25, 0.3) is 0 Å². The summed E-state index contributed by atoms with van der Waals surface area (Å²) in [6, 6.07) is 6.18. The van der Waals surface area contributed by atoms with Gasteiger partial charge in [-0.2, -0.15) is 0 Å². The highest BCUT2D eigenvalue weighted by atomic mass is 32.1. The Bertz CT molecular complexity index is 669. The third-order valence-electron chi connectivity index (χ3n) is 3.10. The summed E-state index contributed by atoms with van der Waals surface area (Å²) in [5, 5.41) is 0.345. The largest absolute Gasteiger partial charge is 0.486 e. The molecule has 2 rings (SSSR count). The molecule has 5 heteroatoms. The Balaban J connectivity index is 2.74. The lowest BCUT2D eigenvalue weighted by Gasteiger charge is -2.16. The van der Waals surface area contributed by atoms with Crippen LogP contribution in [0, 0.1) is 12.7 Å². The Morgan fingerprint density at radius 3 is 2.33 bits per heavy atom. The molecule has 0 aliphatic carbocycles. The molecule has 0 spiro atoms. The molecule has 110 valence electrons. The van der Waals surface area contributed by atoms with Gasteiger partial charge in [-0.05, 0) is 49.3 Å². The highest BCUT2D eigenvalue weighted by molar-refractivity contribution is 7.80. The molecule has 1 aromatic carbocycles. The summed E-state index contributed by atoms with van der Waals surface area (Å²) in [6.45, 7) is 5.91. The molecule has 21 heavy (non-hydrogen) atoms. The minimum absolute atomic E-state index is 0.175. The zero-order chi connectivity index (χ0) is 15.6. The van der Waals surface area contributed by atoms with E-state index >= 15 is 0 Å². The molecule has 0 fully saturated rings. The molecule has 2 aromatic rings. The van der Waals surface area contributed by atoms with E-state index in [1.165, 1.54) is 19.2 Å². The number of halogens is 1. The fourth-order valence-electron chi connectivity index (χ4n) is 2.13. The van der Waals surface area contributed by atoms with Crippen molar-refractivity contribution >= 4 is 17.3 Å². The predicted octanol–water partition coefficient (Wildman–Crippen LogP) is 4.04. The van der Waals surface area contributed by atoms with E-state index < -0.39 is 0 Å². The van der Waals surface area contributed by atoms with E-state index in [-0.39, 0.29) is 11.7 Å². The molecule has 0 aliphatic rings. The van der Waals surface area contributed by atoms with Crippen LogP contribution >= 0.6 is 12.2 Å². The fourth-order valence-corrected chi connectivity index (χ4v) is 2.33. The Labute approximate surface area is 129 Å². The molecule has 1 heterocycles. The minimum Gasteiger partial charge on any atom is -0.486 e. The normalized spacial score (nSPS) is 10.8. The Morgan fingerprint density at radius 1 is 1.19 bits per heavy atom. The highest BCUT2D eigenvalue weighted by Gasteiger charge is 2.21. The quantitative estimate of drug-likeness (QED) is 0.802. The SMILES string of the molecule is COC(=S)c1c(-c2ccc(F)cc2)nc(C)nc1C(C)C. The van der Waals surface area contributed by atoms with Crippen molar-refractivity contribution in [2.24, 2.45) is 0 Å². The first-order valence-corrected chi connectivity index (χ1v) is 7.07. The van der Waals surface area contributed by atoms with Crippen LogP contribution in [0.3, 0.4) is 0 Å². The summed E-state index contributed by atoms with van der Waals surface area (Å²) in [4.78, 5) is 8.98. The number of hydrogen-bond donors (Lipinski definition) is 0. The lowest BCUT2D eigenvalue weighted by Crippen LogP contribution is -2.13. The second-order valence-corrected chi connectivity index (χ2v) is 5.40. The fraction of sp³-hybridized carbons (Fsp3) is 0.312. The first-order chi connectivity index (χ1) is 9.93. The van der Waals surface area contributed by atoms with Crippen molar-refractivity contribution in [3.8, 4) is 11.3 Å². The molecule has 0 amide bonds. The number of aryl methyl sites for hydroxylation is 1. The number of ether oxygens (including phenoxy) is 1. The molecule has 1 aromatic heterocycles. The van der Waals surface area contributed by atoms with Gasteiger partial charge >= 0.3 is 0 Å². The van der Waals surface area contributed by atoms with Crippen LogP contribution in [-0.4, -0.2) is 22.1 Å². The molecule has 0 unspecified atom stereocenters. The van der Waals surface area contributed by atoms with Gasteiger partial charge in [0.2, 0.25) is 0 Å². The van der Waals surface area contributed by atoms with Gasteiger partial charge in [-0.25, -0.2) is 14.4 Å². The Morgan fingerprint density at radius 2 is 1.81 bits per heavy atom. The average molecular weight is 304 g/mol. The maximum atomic E-state index is 13.1. The van der Waals surface area contributed by atoms with E-state index in [0.29, 0.717) is 22.1 Å². The van der Waals surface area contributed by atoms with Gasteiger partial charge in [-0.15, -0.1) is 0 Å². The van der Waals surface area contributed by atoms with Crippen LogP contribution in [0.1, 0.15) is 36.8 Å². The van der Waals surface area contributed by atoms with E-state index in [1.807, 2.05) is 20.8 Å². The number of aromatic nitrogens is 2. The van der Waals surface area contributed by atoms with Crippen molar-refractivity contribution in [1.82, 2.24) is 9.97 Å². The van der Waals surface area contributed by atoms with E-state index in [9.17, 15) is 4.39 Å². The molecule has 0 atom stereocenters. The predicted molar refractivity (Wildman–Crippen MR) is 85.0 cm³/mol. The summed E-state index contributed by atoms with van der Waals surface area (Å²) in [6.07, 6.45) is 0. The van der Waals surface area contributed by atoms with Gasteiger partial charge in [0.15, 0.2) is 5.05 Å². The number of benzene rings is 1. The molecular formula is C16H17FN2OS. The lowest BCUT2D eigenvalue weighted by molar-refractivity contribution is 0.415. The van der Waals surface area contributed by atoms with E-state index in [1.54, 1.807) is 12.1 Å². The Hall–Kier alpha value is -1.88. The van der Waals surface area contributed by atoms with Crippen molar-refractivity contribution in [2.45, 2.75) is 26.7 Å². The maximum Gasteiger partial charge on any atom is 0.194 e. The number of methoxy groups -OCH3 is 1. The number of rotatable bonds is 3. The monoisotopic (exact) mass is 304 g/mol. The van der Waals surface area contributed by atoms with Crippen LogP contribution in [0.2, 0.25) is 0 Å². The van der Waals surface area contributed by atoms with Gasteiger partial charge in [0.05, 0.1) is 24.1 Å². The molecule has 0 bridgehead atoms. The second-order valence-electron chi connectivity index (χ2n) is 5.03. The van der Waals surface area contributed by atoms with Crippen LogP contribution in [0.25, 0.3) is 11.3 Å². The van der Waals surface area contributed by atoms with Gasteiger partial charge in [-0.3, -0.25) is 0 Å². The van der Waals surface area contributed by atoms with Crippen LogP contribution < -0.4 is 0 Å². The van der Waals surface area contributed by atoms with Crippen LogP contribution in [-0.2, 0) is 4.74 Å². The molecule has 0 radical (unpaired) electrons. The first kappa shape index (κ1) is 15.5. The topological polar surface area (TPSA) is 35.0 Å². The standard InChI is InChI=1S/C16H17FN2OS/c1-9(2)14-13(16(21)20-4)15(19-10(3)18-14)11-5-7-12(17)8-6-11/h5-9H,1-4H3. The summed E-state index contributed by atoms with van der Waals surface area (Å²) < 4.78 is 18.4. The van der Waals surface area contributed by atoms with Gasteiger partial charge in [0.1, 0.15) is 11.6 Å². The van der Waals surface area contributed by atoms with E-state index in [0.717, 1.165) is 11.3 Å². The van der Waals surface area contributed by atoms with Crippen LogP contribution in [0.5, 0.6) is 0 Å². The lowest BCUT2D eigenvalue weighted by atomic mass is 9.98. The second kappa shape index (κ2) is 6.26. The van der Waals surface area contributed by atoms with Crippen molar-refractivity contribution in [1.29, 1.82) is 0 Å². The van der Waals surface area contributed by atoms with Gasteiger partial charge < -0.3 is 4.74 Å². The minimum atomic E-state index is -0.288. The van der Waals surface area contributed by atoms with Crippen molar-refractivity contribution < 1.29 is 9.13 Å². The van der Waals surface area contributed by atoms with Gasteiger partial charge in [0, 0.05) is 5.56 Å². The van der Waals surface area contributed by atoms with E-state index in [4.69, 9.17) is 17.0 Å². The summed E-state index contributed by atoms with van der Waals surface area (Å²) in [5.41, 5.74) is 3.02. The zero-order valence-electron chi connectivity index (χ0n) is 12.5. The average Bonchev–Trinajstić information content (AvgIpc) is 2.46. The van der Waals surface area contributed by atoms with Crippen molar-refractivity contribution in [3.05, 3.63) is 47.2 Å². The number of nitrogens with zero attached hydrogens (tertiary/aromatic N) is 2. The van der Waals surface area contributed by atoms with Crippen LogP contribution in [0.4, 0.5) is 4.39 Å². The molecule has 0 aliphatic heterocycles. The highest BCUT2D eigenvalue weighted by Crippen LogP contribution is 2.28. The molecule has 0 saturated heterocycles. The summed E-state index contributed by atoms with van der Waals surface area (Å²) in [5.74, 6) is 0.541. The third-order valence-corrected chi connectivity index (χ3v) is 3.47. The van der Waals surface area contributed by atoms with E-state index in [2.05, 4.69) is 9.97 Å². The molecule has 3 nitrogen and oxygen atoms in total. The smallest absolute Gasteiger partial charge is 0.194 e. The van der Waals surface area contributed by atoms with Crippen LogP contribution in [0.15, 0.2) is 24.3 Å². The molecular weight excluding hydrogens is 287 g/mol. The summed E-state index contributed by atoms with van der Waals surface area (Å²) >= 11 is 5.31. The number of thiocarbonyl (C=S) groups is 1. The molecule has 0 saturated carbocycles. The first-order valence-electron chi connectivity index (χ1n) is 6.66. The summed E-state index contributed by atoms with van der Waals surface area (Å²) in [7, 11) is 1.53. The van der Waals surface area contributed by atoms with Crippen molar-refractivity contribution in [3.63, 3.8) is 0 Å². The molecule has 0 N–H and O–H groups in total. The van der Waals surface area contributed by atoms with Crippen molar-refractivity contribution in [2.75, 3.05) is 7.11 Å². The third kappa shape index (κ3) is 3.24. The number of hydrogen-bond acceptors (Lipinski definition) is 4. The maximum absolute atomic E-state index is 13.1.